The number of β-amino-alcohol motifs (C(OH)–C–C–N with tert-alkyl or cyclic N) is 1. The number of hydrogen-bond donors (Lipinski definition) is 2. The van der Waals surface area contributed by atoms with E-state index in [9.17, 15) is 9.90 Å². The van der Waals surface area contributed by atoms with Crippen LogP contribution in [0.25, 0.3) is 11.0 Å². The molecule has 1 aliphatic rings. The highest BCUT2D eigenvalue weighted by Gasteiger charge is 2.39. The zero-order valence-electron chi connectivity index (χ0n) is 12.5. The topological polar surface area (TPSA) is 61.3 Å². The number of nitrogens with one attached hydrogen (secondary N) is 1. The fourth-order valence-corrected chi connectivity index (χ4v) is 3.35. The van der Waals surface area contributed by atoms with Gasteiger partial charge in [0.1, 0.15) is 0 Å². The number of imidazole rings is 1. The fourth-order valence-electron chi connectivity index (χ4n) is 3.35. The second-order valence-electron chi connectivity index (χ2n) is 6.14. The van der Waals surface area contributed by atoms with Crippen molar-refractivity contribution >= 4 is 11.0 Å². The Kier molecular flexibility index (Phi) is 3.87. The largest absolute Gasteiger partial charge is 0.387 e. The van der Waals surface area contributed by atoms with Crippen LogP contribution < -0.4 is 5.69 Å². The smallest absolute Gasteiger partial charge is 0.326 e. The van der Waals surface area contributed by atoms with Gasteiger partial charge in [-0.05, 0) is 25.0 Å². The van der Waals surface area contributed by atoms with E-state index in [2.05, 4.69) is 16.8 Å². The Morgan fingerprint density at radius 3 is 2.81 bits per heavy atom. The normalized spacial score (nSPS) is 18.0. The molecule has 114 valence electrons. The zero-order valence-corrected chi connectivity index (χ0v) is 12.5. The lowest BCUT2D eigenvalue weighted by Crippen LogP contribution is -2.61. The van der Waals surface area contributed by atoms with Gasteiger partial charge in [-0.15, -0.1) is 0 Å². The number of aromatic nitrogens is 2. The van der Waals surface area contributed by atoms with Gasteiger partial charge in [-0.2, -0.15) is 0 Å². The Hall–Kier alpha value is -1.59. The number of para-hydroxylation sites is 2. The first-order valence-corrected chi connectivity index (χ1v) is 7.73. The minimum absolute atomic E-state index is 0.0395. The molecule has 21 heavy (non-hydrogen) atoms. The summed E-state index contributed by atoms with van der Waals surface area (Å²) in [7, 11) is 0. The van der Waals surface area contributed by atoms with E-state index in [1.165, 1.54) is 0 Å². The molecule has 1 aliphatic heterocycles. The summed E-state index contributed by atoms with van der Waals surface area (Å²) < 4.78 is 1.80. The van der Waals surface area contributed by atoms with Crippen LogP contribution in [0.4, 0.5) is 0 Å². The molecule has 1 fully saturated rings. The van der Waals surface area contributed by atoms with Crippen molar-refractivity contribution in [2.45, 2.75) is 38.3 Å². The van der Waals surface area contributed by atoms with Crippen LogP contribution in [0.5, 0.6) is 0 Å². The molecule has 1 aromatic carbocycles. The highest BCUT2D eigenvalue weighted by atomic mass is 16.3. The van der Waals surface area contributed by atoms with Crippen molar-refractivity contribution < 1.29 is 5.11 Å². The highest BCUT2D eigenvalue weighted by Crippen LogP contribution is 2.25. The monoisotopic (exact) mass is 289 g/mol. The second-order valence-corrected chi connectivity index (χ2v) is 6.14. The van der Waals surface area contributed by atoms with E-state index in [1.54, 1.807) is 4.57 Å². The third-order valence-electron chi connectivity index (χ3n) is 4.29. The molecule has 1 aromatic heterocycles. The molecular formula is C16H23N3O2. The first-order valence-electron chi connectivity index (χ1n) is 7.73. The third-order valence-corrected chi connectivity index (χ3v) is 4.29. The average molecular weight is 289 g/mol. The number of fused-ring (bicyclic) bond motifs is 1. The quantitative estimate of drug-likeness (QED) is 0.848. The van der Waals surface area contributed by atoms with Gasteiger partial charge in [-0.1, -0.05) is 25.5 Å². The molecule has 3 rings (SSSR count). The maximum Gasteiger partial charge on any atom is 0.326 e. The van der Waals surface area contributed by atoms with Gasteiger partial charge in [0.2, 0.25) is 0 Å². The minimum atomic E-state index is -0.466. The Morgan fingerprint density at radius 2 is 2.05 bits per heavy atom. The number of likely N-dealkylation sites (tertiary alicyclic amines) is 1. The Balaban J connectivity index is 1.54. The predicted molar refractivity (Wildman–Crippen MR) is 83.5 cm³/mol. The summed E-state index contributed by atoms with van der Waals surface area (Å²) in [5.74, 6) is 0. The van der Waals surface area contributed by atoms with E-state index < -0.39 is 5.60 Å². The summed E-state index contributed by atoms with van der Waals surface area (Å²) >= 11 is 0. The van der Waals surface area contributed by atoms with Gasteiger partial charge in [0, 0.05) is 26.2 Å². The molecule has 2 heterocycles. The van der Waals surface area contributed by atoms with Crippen LogP contribution in [-0.4, -0.2) is 44.8 Å². The van der Waals surface area contributed by atoms with Crippen molar-refractivity contribution in [3.05, 3.63) is 34.7 Å². The maximum atomic E-state index is 11.9. The number of aliphatic hydroxyl groups is 1. The number of rotatable bonds is 6. The molecule has 5 heteroatoms. The molecule has 2 N–H and O–H groups in total. The lowest BCUT2D eigenvalue weighted by Gasteiger charge is -2.46. The molecule has 0 amide bonds. The molecule has 2 aromatic rings. The van der Waals surface area contributed by atoms with Crippen molar-refractivity contribution in [3.63, 3.8) is 0 Å². The molecule has 0 radical (unpaired) electrons. The van der Waals surface area contributed by atoms with Crippen molar-refractivity contribution in [2.24, 2.45) is 0 Å². The standard InChI is InChI=1S/C16H23N3O2/c1-2-8-16(21)11-18(12-16)9-5-10-19-14-7-4-3-6-13(14)17-15(19)20/h3-4,6-7,21H,2,5,8-12H2,1H3,(H,17,20). The summed E-state index contributed by atoms with van der Waals surface area (Å²) in [5, 5.41) is 10.1. The van der Waals surface area contributed by atoms with Crippen LogP contribution in [-0.2, 0) is 6.54 Å². The first kappa shape index (κ1) is 14.4. The van der Waals surface area contributed by atoms with Gasteiger partial charge in [0.05, 0.1) is 16.6 Å². The molecular weight excluding hydrogens is 266 g/mol. The summed E-state index contributed by atoms with van der Waals surface area (Å²) in [6, 6.07) is 7.77. The van der Waals surface area contributed by atoms with Crippen LogP contribution in [0.3, 0.4) is 0 Å². The highest BCUT2D eigenvalue weighted by molar-refractivity contribution is 5.74. The molecule has 0 atom stereocenters. The van der Waals surface area contributed by atoms with Crippen molar-refractivity contribution in [1.82, 2.24) is 14.5 Å². The van der Waals surface area contributed by atoms with Gasteiger partial charge in [-0.25, -0.2) is 4.79 Å². The zero-order chi connectivity index (χ0) is 14.9. The fraction of sp³-hybridized carbons (Fsp3) is 0.562. The van der Waals surface area contributed by atoms with Crippen LogP contribution in [0.2, 0.25) is 0 Å². The first-order chi connectivity index (χ1) is 10.1. The Morgan fingerprint density at radius 1 is 1.29 bits per heavy atom. The van der Waals surface area contributed by atoms with E-state index in [-0.39, 0.29) is 5.69 Å². The Bertz CT molecular complexity index is 667. The number of hydrogen-bond acceptors (Lipinski definition) is 3. The van der Waals surface area contributed by atoms with E-state index in [1.807, 2.05) is 24.3 Å². The molecule has 0 saturated carbocycles. The average Bonchev–Trinajstić information content (AvgIpc) is 2.73. The van der Waals surface area contributed by atoms with Gasteiger partial charge >= 0.3 is 5.69 Å². The lowest BCUT2D eigenvalue weighted by atomic mass is 9.89. The number of H-pyrrole nitrogens is 1. The van der Waals surface area contributed by atoms with Gasteiger partial charge in [-0.3, -0.25) is 9.47 Å². The maximum absolute atomic E-state index is 11.9. The predicted octanol–water partition coefficient (Wildman–Crippen LogP) is 1.57. The molecule has 0 unspecified atom stereocenters. The SMILES string of the molecule is CCCC1(O)CN(CCCn2c(=O)[nH]c3ccccc32)C1. The third kappa shape index (κ3) is 2.89. The molecule has 1 saturated heterocycles. The van der Waals surface area contributed by atoms with E-state index in [4.69, 9.17) is 0 Å². The molecule has 0 bridgehead atoms. The van der Waals surface area contributed by atoms with Gasteiger partial charge in [0.15, 0.2) is 0 Å². The van der Waals surface area contributed by atoms with Crippen LogP contribution >= 0.6 is 0 Å². The van der Waals surface area contributed by atoms with Crippen molar-refractivity contribution in [3.8, 4) is 0 Å². The van der Waals surface area contributed by atoms with Crippen molar-refractivity contribution in [2.75, 3.05) is 19.6 Å². The lowest BCUT2D eigenvalue weighted by molar-refractivity contribution is -0.103. The van der Waals surface area contributed by atoms with Crippen LogP contribution in [0, 0.1) is 0 Å². The molecule has 0 aliphatic carbocycles. The van der Waals surface area contributed by atoms with E-state index in [0.717, 1.165) is 49.9 Å². The molecule has 5 nitrogen and oxygen atoms in total. The summed E-state index contributed by atoms with van der Waals surface area (Å²) in [6.07, 6.45) is 2.82. The second kappa shape index (κ2) is 5.66. The molecule has 0 spiro atoms. The van der Waals surface area contributed by atoms with Gasteiger partial charge in [0.25, 0.3) is 0 Å². The van der Waals surface area contributed by atoms with E-state index in [0.29, 0.717) is 6.54 Å². The Labute approximate surface area is 124 Å². The number of nitrogens with zero attached hydrogens (tertiary/aromatic N) is 2. The minimum Gasteiger partial charge on any atom is -0.387 e. The number of benzene rings is 1. The summed E-state index contributed by atoms with van der Waals surface area (Å²) in [6.45, 7) is 5.28. The summed E-state index contributed by atoms with van der Waals surface area (Å²) in [5.41, 5.74) is 1.35. The number of aromatic amines is 1. The van der Waals surface area contributed by atoms with Crippen LogP contribution in [0.1, 0.15) is 26.2 Å². The van der Waals surface area contributed by atoms with E-state index >= 15 is 0 Å². The summed E-state index contributed by atoms with van der Waals surface area (Å²) in [4.78, 5) is 17.1. The van der Waals surface area contributed by atoms with Gasteiger partial charge < -0.3 is 10.1 Å². The van der Waals surface area contributed by atoms with Crippen molar-refractivity contribution in [1.29, 1.82) is 0 Å². The number of aryl methyl sites for hydroxylation is 1. The van der Waals surface area contributed by atoms with Crippen LogP contribution in [0.15, 0.2) is 29.1 Å².